The first kappa shape index (κ1) is 14.4. The lowest BCUT2D eigenvalue weighted by atomic mass is 10.1. The number of nitrogens with zero attached hydrogens (tertiary/aromatic N) is 2. The minimum Gasteiger partial charge on any atom is -0.419 e. The molecular weight excluding hydrogens is 285 g/mol. The van der Waals surface area contributed by atoms with E-state index in [0.29, 0.717) is 0 Å². The van der Waals surface area contributed by atoms with Gasteiger partial charge in [-0.25, -0.2) is 22.0 Å². The number of nitrogens with one attached hydrogen (secondary N) is 1. The summed E-state index contributed by atoms with van der Waals surface area (Å²) in [7, 11) is 1.56. The van der Waals surface area contributed by atoms with Crippen LogP contribution < -0.4 is 5.32 Å². The third-order valence-corrected chi connectivity index (χ3v) is 2.67. The Balaban J connectivity index is 2.61. The van der Waals surface area contributed by atoms with E-state index >= 15 is 0 Å². The third kappa shape index (κ3) is 2.13. The molecule has 108 valence electrons. The normalized spacial score (nSPS) is 12.8. The van der Waals surface area contributed by atoms with E-state index in [1.807, 2.05) is 0 Å². The highest BCUT2D eigenvalue weighted by Crippen LogP contribution is 2.31. The molecule has 9 heteroatoms. The lowest BCUT2D eigenvalue weighted by Crippen LogP contribution is -2.12. The van der Waals surface area contributed by atoms with E-state index in [1.54, 1.807) is 14.0 Å². The third-order valence-electron chi connectivity index (χ3n) is 2.67. The van der Waals surface area contributed by atoms with Crippen LogP contribution >= 0.6 is 0 Å². The highest BCUT2D eigenvalue weighted by atomic mass is 19.2. The van der Waals surface area contributed by atoms with Gasteiger partial charge in [-0.15, -0.1) is 10.2 Å². The van der Waals surface area contributed by atoms with Crippen molar-refractivity contribution in [3.05, 3.63) is 35.0 Å². The van der Waals surface area contributed by atoms with Crippen molar-refractivity contribution in [2.75, 3.05) is 7.05 Å². The highest BCUT2D eigenvalue weighted by molar-refractivity contribution is 5.55. The van der Waals surface area contributed by atoms with Gasteiger partial charge in [-0.1, -0.05) is 0 Å². The van der Waals surface area contributed by atoms with Crippen LogP contribution in [-0.4, -0.2) is 17.2 Å². The first-order valence-corrected chi connectivity index (χ1v) is 5.41. The highest BCUT2D eigenvalue weighted by Gasteiger charge is 2.30. The van der Waals surface area contributed by atoms with Crippen LogP contribution in [0.5, 0.6) is 0 Å². The molecule has 2 rings (SSSR count). The number of rotatable bonds is 3. The molecule has 0 radical (unpaired) electrons. The maximum absolute atomic E-state index is 13.5. The SMILES string of the molecule is CNC(C)c1nnc(-c2c(F)c(F)c(F)c(F)c2F)o1. The van der Waals surface area contributed by atoms with E-state index in [0.717, 1.165) is 0 Å². The molecule has 2 aromatic rings. The van der Waals surface area contributed by atoms with Crippen molar-refractivity contribution in [1.29, 1.82) is 0 Å². The molecule has 0 saturated carbocycles. The van der Waals surface area contributed by atoms with Crippen LogP contribution in [0.4, 0.5) is 22.0 Å². The van der Waals surface area contributed by atoms with Crippen LogP contribution in [0.25, 0.3) is 11.5 Å². The van der Waals surface area contributed by atoms with Crippen molar-refractivity contribution in [1.82, 2.24) is 15.5 Å². The minimum absolute atomic E-state index is 0.0496. The summed E-state index contributed by atoms with van der Waals surface area (Å²) >= 11 is 0. The minimum atomic E-state index is -2.24. The summed E-state index contributed by atoms with van der Waals surface area (Å²) in [4.78, 5) is 0. The summed E-state index contributed by atoms with van der Waals surface area (Å²) in [6, 6.07) is -0.447. The van der Waals surface area contributed by atoms with Crippen LogP contribution in [0, 0.1) is 29.1 Å². The summed E-state index contributed by atoms with van der Waals surface area (Å²) in [5, 5.41) is 9.49. The van der Waals surface area contributed by atoms with Crippen LogP contribution in [0.2, 0.25) is 0 Å². The fraction of sp³-hybridized carbons (Fsp3) is 0.273. The first-order chi connectivity index (χ1) is 9.38. The molecule has 0 aliphatic rings. The number of benzene rings is 1. The molecule has 4 nitrogen and oxygen atoms in total. The average molecular weight is 293 g/mol. The van der Waals surface area contributed by atoms with Gasteiger partial charge in [0.25, 0.3) is 5.89 Å². The van der Waals surface area contributed by atoms with Crippen molar-refractivity contribution in [2.24, 2.45) is 0 Å². The Kier molecular flexibility index (Phi) is 3.71. The second kappa shape index (κ2) is 5.16. The van der Waals surface area contributed by atoms with E-state index in [4.69, 9.17) is 4.42 Å². The Morgan fingerprint density at radius 2 is 1.40 bits per heavy atom. The van der Waals surface area contributed by atoms with E-state index in [1.165, 1.54) is 0 Å². The summed E-state index contributed by atoms with van der Waals surface area (Å²) < 4.78 is 71.0. The molecule has 0 aliphatic heterocycles. The zero-order valence-electron chi connectivity index (χ0n) is 10.3. The molecule has 0 saturated heterocycles. The molecule has 0 bridgehead atoms. The quantitative estimate of drug-likeness (QED) is 0.537. The molecule has 0 aliphatic carbocycles. The molecule has 1 atom stereocenters. The Labute approximate surface area is 109 Å². The van der Waals surface area contributed by atoms with Crippen LogP contribution in [0.3, 0.4) is 0 Å². The molecule has 1 aromatic heterocycles. The Bertz CT molecular complexity index is 629. The summed E-state index contributed by atoms with van der Waals surface area (Å²) in [5.41, 5.74) is -1.25. The van der Waals surface area contributed by atoms with E-state index < -0.39 is 46.6 Å². The van der Waals surface area contributed by atoms with Gasteiger partial charge >= 0.3 is 0 Å². The van der Waals surface area contributed by atoms with Gasteiger partial charge in [-0.05, 0) is 14.0 Å². The molecule has 0 spiro atoms. The van der Waals surface area contributed by atoms with Crippen LogP contribution in [0.1, 0.15) is 18.9 Å². The Morgan fingerprint density at radius 1 is 0.900 bits per heavy atom. The summed E-state index contributed by atoms with van der Waals surface area (Å²) in [5.74, 6) is -11.3. The monoisotopic (exact) mass is 293 g/mol. The number of hydrogen-bond acceptors (Lipinski definition) is 4. The molecule has 1 N–H and O–H groups in total. The fourth-order valence-corrected chi connectivity index (χ4v) is 1.43. The topological polar surface area (TPSA) is 51.0 Å². The molecule has 20 heavy (non-hydrogen) atoms. The predicted molar refractivity (Wildman–Crippen MR) is 57.0 cm³/mol. The largest absolute Gasteiger partial charge is 0.419 e. The lowest BCUT2D eigenvalue weighted by Gasteiger charge is -2.05. The smallest absolute Gasteiger partial charge is 0.253 e. The first-order valence-electron chi connectivity index (χ1n) is 5.41. The maximum Gasteiger partial charge on any atom is 0.253 e. The number of halogens is 5. The van der Waals surface area contributed by atoms with Gasteiger partial charge < -0.3 is 9.73 Å². The molecule has 1 heterocycles. The molecule has 0 fully saturated rings. The molecular formula is C11H8F5N3O. The van der Waals surface area contributed by atoms with Gasteiger partial charge in [0, 0.05) is 0 Å². The molecule has 1 unspecified atom stereocenters. The van der Waals surface area contributed by atoms with Crippen LogP contribution in [0.15, 0.2) is 4.42 Å². The maximum atomic E-state index is 13.5. The number of hydrogen-bond donors (Lipinski definition) is 1. The van der Waals surface area contributed by atoms with Gasteiger partial charge in [0.1, 0.15) is 5.56 Å². The molecule has 1 aromatic carbocycles. The lowest BCUT2D eigenvalue weighted by molar-refractivity contribution is 0.376. The van der Waals surface area contributed by atoms with Gasteiger partial charge in [0.05, 0.1) is 6.04 Å². The van der Waals surface area contributed by atoms with Crippen molar-refractivity contribution in [2.45, 2.75) is 13.0 Å². The zero-order chi connectivity index (χ0) is 15.0. The van der Waals surface area contributed by atoms with Crippen molar-refractivity contribution in [3.8, 4) is 11.5 Å². The predicted octanol–water partition coefficient (Wildman–Crippen LogP) is 2.71. The molecule has 0 amide bonds. The fourth-order valence-electron chi connectivity index (χ4n) is 1.43. The summed E-state index contributed by atoms with van der Waals surface area (Å²) in [6.45, 7) is 1.61. The zero-order valence-corrected chi connectivity index (χ0v) is 10.3. The Hall–Kier alpha value is -2.03. The van der Waals surface area contributed by atoms with E-state index in [9.17, 15) is 22.0 Å². The average Bonchev–Trinajstić information content (AvgIpc) is 2.92. The van der Waals surface area contributed by atoms with Gasteiger partial charge in [-0.3, -0.25) is 0 Å². The van der Waals surface area contributed by atoms with E-state index in [2.05, 4.69) is 15.5 Å². The second-order valence-electron chi connectivity index (χ2n) is 3.90. The standard InChI is InChI=1S/C11H8F5N3O/c1-3(17-2)10-18-19-11(20-10)4-5(12)7(14)9(16)8(15)6(4)13/h3,17H,1-2H3. The van der Waals surface area contributed by atoms with Crippen molar-refractivity contribution >= 4 is 0 Å². The summed E-state index contributed by atoms with van der Waals surface area (Å²) in [6.07, 6.45) is 0. The number of aromatic nitrogens is 2. The van der Waals surface area contributed by atoms with E-state index in [-0.39, 0.29) is 5.89 Å². The second-order valence-corrected chi connectivity index (χ2v) is 3.90. The van der Waals surface area contributed by atoms with Gasteiger partial charge in [0.2, 0.25) is 11.7 Å². The van der Waals surface area contributed by atoms with Gasteiger partial charge in [0.15, 0.2) is 23.3 Å². The Morgan fingerprint density at radius 3 is 1.90 bits per heavy atom. The van der Waals surface area contributed by atoms with Gasteiger partial charge in [-0.2, -0.15) is 0 Å². The van der Waals surface area contributed by atoms with Crippen molar-refractivity contribution < 1.29 is 26.4 Å². The van der Waals surface area contributed by atoms with Crippen LogP contribution in [-0.2, 0) is 0 Å². The van der Waals surface area contributed by atoms with Crippen molar-refractivity contribution in [3.63, 3.8) is 0 Å².